The molecule has 0 amide bonds. The Morgan fingerprint density at radius 3 is 2.52 bits per heavy atom. The molecule has 2 aliphatic rings. The number of nitrogens with one attached hydrogen (secondary N) is 1. The van der Waals surface area contributed by atoms with E-state index in [9.17, 15) is 8.42 Å². The van der Waals surface area contributed by atoms with Gasteiger partial charge in [-0.2, -0.15) is 5.26 Å². The summed E-state index contributed by atoms with van der Waals surface area (Å²) < 4.78 is 26.9. The molecular formula is C15H19N3O2S. The highest BCUT2D eigenvalue weighted by molar-refractivity contribution is 7.90. The van der Waals surface area contributed by atoms with Crippen LogP contribution in [0.4, 0.5) is 5.69 Å². The third-order valence-corrected chi connectivity index (χ3v) is 6.09. The van der Waals surface area contributed by atoms with Gasteiger partial charge in [0.2, 0.25) is 10.0 Å². The molecule has 1 aliphatic carbocycles. The fourth-order valence-electron chi connectivity index (χ4n) is 2.76. The maximum absolute atomic E-state index is 12.0. The molecule has 1 saturated carbocycles. The van der Waals surface area contributed by atoms with Crippen LogP contribution in [0.15, 0.2) is 24.3 Å². The maximum atomic E-state index is 12.0. The lowest BCUT2D eigenvalue weighted by molar-refractivity contribution is 0.465. The lowest BCUT2D eigenvalue weighted by atomic mass is 10.1. The van der Waals surface area contributed by atoms with Gasteiger partial charge in [0.15, 0.2) is 0 Å². The van der Waals surface area contributed by atoms with Crippen LogP contribution in [0.3, 0.4) is 0 Å². The van der Waals surface area contributed by atoms with E-state index in [1.165, 1.54) is 0 Å². The van der Waals surface area contributed by atoms with E-state index in [-0.39, 0.29) is 11.3 Å². The molecule has 1 unspecified atom stereocenters. The van der Waals surface area contributed by atoms with Crippen molar-refractivity contribution < 1.29 is 8.42 Å². The van der Waals surface area contributed by atoms with E-state index >= 15 is 0 Å². The fraction of sp³-hybridized carbons (Fsp3) is 0.533. The van der Waals surface area contributed by atoms with E-state index in [2.05, 4.69) is 15.7 Å². The number of nitriles is 1. The summed E-state index contributed by atoms with van der Waals surface area (Å²) >= 11 is 0. The van der Waals surface area contributed by atoms with Gasteiger partial charge in [-0.15, -0.1) is 0 Å². The minimum Gasteiger partial charge on any atom is -0.370 e. The van der Waals surface area contributed by atoms with Crippen molar-refractivity contribution in [3.8, 4) is 6.07 Å². The summed E-state index contributed by atoms with van der Waals surface area (Å²) in [5.41, 5.74) is 1.69. The molecule has 1 aromatic carbocycles. The van der Waals surface area contributed by atoms with Crippen LogP contribution < -0.4 is 9.62 Å². The van der Waals surface area contributed by atoms with Crippen molar-refractivity contribution in [3.05, 3.63) is 29.8 Å². The molecule has 1 saturated heterocycles. The van der Waals surface area contributed by atoms with Gasteiger partial charge in [-0.05, 0) is 49.9 Å². The van der Waals surface area contributed by atoms with Gasteiger partial charge in [0.25, 0.3) is 0 Å². The van der Waals surface area contributed by atoms with Gasteiger partial charge in [0.05, 0.1) is 16.9 Å². The van der Waals surface area contributed by atoms with Crippen LogP contribution in [0.2, 0.25) is 0 Å². The topological polar surface area (TPSA) is 73.2 Å². The summed E-state index contributed by atoms with van der Waals surface area (Å²) in [6, 6.07) is 9.54. The van der Waals surface area contributed by atoms with E-state index < -0.39 is 10.0 Å². The summed E-state index contributed by atoms with van der Waals surface area (Å²) in [6.07, 6.45) is 3.44. The standard InChI is InChI=1S/C15H19N3O2S/c16-10-12-3-5-14(6-4-12)18-9-1-2-13(11-18)17-21(19,20)15-7-8-15/h3-6,13,15,17H,1-2,7-9,11H2. The molecule has 5 nitrogen and oxygen atoms in total. The van der Waals surface area contributed by atoms with Gasteiger partial charge in [-0.25, -0.2) is 13.1 Å². The highest BCUT2D eigenvalue weighted by atomic mass is 32.2. The molecule has 0 radical (unpaired) electrons. The van der Waals surface area contributed by atoms with E-state index in [0.717, 1.165) is 37.9 Å². The average Bonchev–Trinajstić information content (AvgIpc) is 3.32. The van der Waals surface area contributed by atoms with Crippen molar-refractivity contribution in [2.24, 2.45) is 0 Å². The SMILES string of the molecule is N#Cc1ccc(N2CCCC(NS(=O)(=O)C3CC3)C2)cc1. The van der Waals surface area contributed by atoms with Crippen LogP contribution in [0.5, 0.6) is 0 Å². The van der Waals surface area contributed by atoms with Gasteiger partial charge in [-0.1, -0.05) is 0 Å². The average molecular weight is 305 g/mol. The Morgan fingerprint density at radius 1 is 1.19 bits per heavy atom. The minimum atomic E-state index is -3.12. The molecule has 3 rings (SSSR count). The zero-order valence-electron chi connectivity index (χ0n) is 11.8. The summed E-state index contributed by atoms with van der Waals surface area (Å²) in [5.74, 6) is 0. The summed E-state index contributed by atoms with van der Waals surface area (Å²) in [4.78, 5) is 2.19. The minimum absolute atomic E-state index is 0.0139. The lowest BCUT2D eigenvalue weighted by Gasteiger charge is -2.34. The third kappa shape index (κ3) is 3.36. The fourth-order valence-corrected chi connectivity index (χ4v) is 4.37. The van der Waals surface area contributed by atoms with Gasteiger partial charge in [-0.3, -0.25) is 0 Å². The smallest absolute Gasteiger partial charge is 0.214 e. The first-order chi connectivity index (χ1) is 10.1. The Bertz CT molecular complexity index is 644. The quantitative estimate of drug-likeness (QED) is 0.917. The van der Waals surface area contributed by atoms with Crippen LogP contribution in [0, 0.1) is 11.3 Å². The number of hydrogen-bond acceptors (Lipinski definition) is 4. The molecule has 21 heavy (non-hydrogen) atoms. The Labute approximate surface area is 125 Å². The summed E-state index contributed by atoms with van der Waals surface area (Å²) in [6.45, 7) is 1.62. The van der Waals surface area contributed by atoms with Crippen molar-refractivity contribution in [1.29, 1.82) is 5.26 Å². The summed E-state index contributed by atoms with van der Waals surface area (Å²) in [7, 11) is -3.12. The largest absolute Gasteiger partial charge is 0.370 e. The van der Waals surface area contributed by atoms with Crippen molar-refractivity contribution in [2.75, 3.05) is 18.0 Å². The van der Waals surface area contributed by atoms with Gasteiger partial charge < -0.3 is 4.90 Å². The first kappa shape index (κ1) is 14.4. The Morgan fingerprint density at radius 2 is 1.90 bits per heavy atom. The highest BCUT2D eigenvalue weighted by Crippen LogP contribution is 2.28. The van der Waals surface area contributed by atoms with Crippen LogP contribution in [0.25, 0.3) is 0 Å². The molecule has 0 spiro atoms. The lowest BCUT2D eigenvalue weighted by Crippen LogP contribution is -2.48. The predicted octanol–water partition coefficient (Wildman–Crippen LogP) is 1.61. The second-order valence-corrected chi connectivity index (χ2v) is 7.80. The monoisotopic (exact) mass is 305 g/mol. The van der Waals surface area contributed by atoms with Crippen LogP contribution in [-0.4, -0.2) is 32.8 Å². The third-order valence-electron chi connectivity index (χ3n) is 4.08. The van der Waals surface area contributed by atoms with Crippen LogP contribution in [-0.2, 0) is 10.0 Å². The Kier molecular flexibility index (Phi) is 3.87. The predicted molar refractivity (Wildman–Crippen MR) is 81.5 cm³/mol. The zero-order valence-corrected chi connectivity index (χ0v) is 12.6. The highest BCUT2D eigenvalue weighted by Gasteiger charge is 2.37. The molecule has 1 aromatic rings. The first-order valence-corrected chi connectivity index (χ1v) is 8.89. The molecule has 1 aliphatic heterocycles. The Hall–Kier alpha value is -1.58. The normalized spacial score (nSPS) is 22.8. The molecule has 0 aromatic heterocycles. The number of nitrogens with zero attached hydrogens (tertiary/aromatic N) is 2. The van der Waals surface area contributed by atoms with Gasteiger partial charge in [0, 0.05) is 24.8 Å². The van der Waals surface area contributed by atoms with Crippen LogP contribution >= 0.6 is 0 Å². The van der Waals surface area contributed by atoms with Crippen molar-refractivity contribution in [2.45, 2.75) is 37.0 Å². The molecule has 112 valence electrons. The zero-order chi connectivity index (χ0) is 14.9. The molecule has 6 heteroatoms. The molecule has 1 atom stereocenters. The van der Waals surface area contributed by atoms with Gasteiger partial charge >= 0.3 is 0 Å². The number of hydrogen-bond donors (Lipinski definition) is 1. The Balaban J connectivity index is 1.66. The van der Waals surface area contributed by atoms with E-state index in [1.54, 1.807) is 12.1 Å². The summed E-state index contributed by atoms with van der Waals surface area (Å²) in [5, 5.41) is 8.66. The van der Waals surface area contributed by atoms with E-state index in [1.807, 2.05) is 12.1 Å². The van der Waals surface area contributed by atoms with Crippen molar-refractivity contribution in [1.82, 2.24) is 4.72 Å². The van der Waals surface area contributed by atoms with Gasteiger partial charge in [0.1, 0.15) is 0 Å². The van der Waals surface area contributed by atoms with E-state index in [0.29, 0.717) is 12.1 Å². The van der Waals surface area contributed by atoms with Crippen LogP contribution in [0.1, 0.15) is 31.2 Å². The number of piperidine rings is 1. The maximum Gasteiger partial charge on any atom is 0.214 e. The second-order valence-electron chi connectivity index (χ2n) is 5.81. The van der Waals surface area contributed by atoms with E-state index in [4.69, 9.17) is 5.26 Å². The molecule has 0 bridgehead atoms. The molecule has 1 N–H and O–H groups in total. The van der Waals surface area contributed by atoms with Crippen molar-refractivity contribution in [3.63, 3.8) is 0 Å². The number of rotatable bonds is 4. The first-order valence-electron chi connectivity index (χ1n) is 7.35. The van der Waals surface area contributed by atoms with Crippen molar-refractivity contribution >= 4 is 15.7 Å². The number of sulfonamides is 1. The molecule has 1 heterocycles. The number of benzene rings is 1. The molecule has 2 fully saturated rings. The molecular weight excluding hydrogens is 286 g/mol. The second kappa shape index (κ2) is 5.66. The number of anilines is 1.